The van der Waals surface area contributed by atoms with E-state index in [9.17, 15) is 4.79 Å². The topological polar surface area (TPSA) is 85.1 Å². The van der Waals surface area contributed by atoms with E-state index in [-0.39, 0.29) is 12.1 Å². The fraction of sp³-hybridized carbons (Fsp3) is 0.308. The average molecular weight is 473 g/mol. The summed E-state index contributed by atoms with van der Waals surface area (Å²) in [5, 5.41) is 8.19. The molecule has 0 aliphatic carbocycles. The van der Waals surface area contributed by atoms with Gasteiger partial charge in [-0.25, -0.2) is 9.78 Å². The van der Waals surface area contributed by atoms with Crippen LogP contribution in [0.5, 0.6) is 5.88 Å². The Kier molecular flexibility index (Phi) is 7.14. The van der Waals surface area contributed by atoms with Crippen LogP contribution in [0, 0.1) is 0 Å². The van der Waals surface area contributed by atoms with Gasteiger partial charge in [-0.15, -0.1) is 14.8 Å². The first-order valence-electron chi connectivity index (χ1n) is 11.8. The molecule has 0 unspecified atom stereocenters. The zero-order chi connectivity index (χ0) is 23.9. The number of carbonyl (C=O) groups is 1. The fourth-order valence-corrected chi connectivity index (χ4v) is 4.31. The van der Waals surface area contributed by atoms with E-state index in [1.165, 1.54) is 22.1 Å². The molecule has 0 atom stereocenters. The molecule has 1 amide bonds. The van der Waals surface area contributed by atoms with Crippen molar-refractivity contribution in [2.75, 3.05) is 39.4 Å². The van der Waals surface area contributed by atoms with Gasteiger partial charge in [0.05, 0.1) is 19.3 Å². The number of fused-ring (bicyclic) bond motifs is 1. The largest absolute Gasteiger partial charge is 0.476 e. The second-order valence-electron chi connectivity index (χ2n) is 8.34. The number of hydrogen-bond acceptors (Lipinski definition) is 7. The van der Waals surface area contributed by atoms with Crippen LogP contribution in [0.1, 0.15) is 23.6 Å². The number of rotatable bonds is 8. The molecular formula is C26H28N6O3. The lowest BCUT2D eigenvalue weighted by atomic mass is 9.96. The van der Waals surface area contributed by atoms with Crippen molar-refractivity contribution in [3.05, 3.63) is 90.3 Å². The number of ether oxygens (including phenoxy) is 2. The molecule has 0 N–H and O–H groups in total. The van der Waals surface area contributed by atoms with Gasteiger partial charge in [-0.1, -0.05) is 60.7 Å². The molecule has 3 heterocycles. The van der Waals surface area contributed by atoms with Crippen molar-refractivity contribution in [1.29, 1.82) is 0 Å². The molecule has 0 bridgehead atoms. The van der Waals surface area contributed by atoms with Crippen LogP contribution in [-0.2, 0) is 4.74 Å². The van der Waals surface area contributed by atoms with E-state index in [2.05, 4.69) is 68.6 Å². The summed E-state index contributed by atoms with van der Waals surface area (Å²) in [4.78, 5) is 20.8. The molecule has 4 aromatic rings. The normalized spacial score (nSPS) is 14.4. The minimum atomic E-state index is -0.275. The lowest BCUT2D eigenvalue weighted by Crippen LogP contribution is -2.50. The third-order valence-corrected chi connectivity index (χ3v) is 6.06. The molecule has 9 nitrogen and oxygen atoms in total. The van der Waals surface area contributed by atoms with Crippen molar-refractivity contribution in [3.63, 3.8) is 0 Å². The highest BCUT2D eigenvalue weighted by molar-refractivity contribution is 5.67. The Bertz CT molecular complexity index is 1190. The van der Waals surface area contributed by atoms with Gasteiger partial charge in [-0.3, -0.25) is 4.90 Å². The number of hydrogen-bond donors (Lipinski definition) is 0. The van der Waals surface area contributed by atoms with Gasteiger partial charge in [0.1, 0.15) is 6.33 Å². The maximum Gasteiger partial charge on any atom is 0.409 e. The number of amides is 1. The van der Waals surface area contributed by atoms with Crippen LogP contribution < -0.4 is 4.74 Å². The predicted molar refractivity (Wildman–Crippen MR) is 130 cm³/mol. The first-order valence-corrected chi connectivity index (χ1v) is 11.8. The summed E-state index contributed by atoms with van der Waals surface area (Å²) in [6.45, 7) is 3.51. The lowest BCUT2D eigenvalue weighted by Gasteiger charge is -2.39. The van der Waals surface area contributed by atoms with Crippen LogP contribution in [-0.4, -0.2) is 75.1 Å². The third-order valence-electron chi connectivity index (χ3n) is 6.06. The summed E-state index contributed by atoms with van der Waals surface area (Å²) < 4.78 is 12.5. The van der Waals surface area contributed by atoms with Gasteiger partial charge in [0.25, 0.3) is 0 Å². The summed E-state index contributed by atoms with van der Waals surface area (Å²) in [6.07, 6.45) is 1.74. The second kappa shape index (κ2) is 11.0. The molecule has 0 spiro atoms. The first-order chi connectivity index (χ1) is 17.3. The van der Waals surface area contributed by atoms with E-state index < -0.39 is 0 Å². The van der Waals surface area contributed by atoms with Crippen LogP contribution in [0.25, 0.3) is 5.65 Å². The van der Waals surface area contributed by atoms with Gasteiger partial charge in [-0.2, -0.15) is 0 Å². The van der Waals surface area contributed by atoms with Crippen LogP contribution in [0.3, 0.4) is 0 Å². The number of carbonyl (C=O) groups excluding carboxylic acids is 1. The number of nitrogens with zero attached hydrogens (tertiary/aromatic N) is 6. The number of aromatic nitrogens is 4. The lowest BCUT2D eigenvalue weighted by molar-refractivity contribution is 0.0657. The Morgan fingerprint density at radius 1 is 0.857 bits per heavy atom. The minimum Gasteiger partial charge on any atom is -0.476 e. The van der Waals surface area contributed by atoms with Gasteiger partial charge in [0.15, 0.2) is 5.65 Å². The molecule has 35 heavy (non-hydrogen) atoms. The molecule has 0 saturated carbocycles. The maximum atomic E-state index is 12.6. The smallest absolute Gasteiger partial charge is 0.409 e. The van der Waals surface area contributed by atoms with Crippen molar-refractivity contribution in [1.82, 2.24) is 29.6 Å². The average Bonchev–Trinajstić information content (AvgIpc) is 3.38. The molecule has 2 aromatic carbocycles. The van der Waals surface area contributed by atoms with Crippen molar-refractivity contribution in [2.45, 2.75) is 12.5 Å². The summed E-state index contributed by atoms with van der Waals surface area (Å²) in [5.41, 5.74) is 3.17. The van der Waals surface area contributed by atoms with E-state index in [0.29, 0.717) is 44.3 Å². The van der Waals surface area contributed by atoms with Crippen LogP contribution in [0.15, 0.2) is 79.1 Å². The number of benzene rings is 2. The molecule has 1 aliphatic rings. The van der Waals surface area contributed by atoms with Crippen LogP contribution >= 0.6 is 0 Å². The van der Waals surface area contributed by atoms with Crippen LogP contribution in [0.2, 0.25) is 0 Å². The van der Waals surface area contributed by atoms with E-state index >= 15 is 0 Å². The molecule has 2 aromatic heterocycles. The van der Waals surface area contributed by atoms with Gasteiger partial charge in [0, 0.05) is 38.7 Å². The van der Waals surface area contributed by atoms with E-state index in [4.69, 9.17) is 9.47 Å². The third kappa shape index (κ3) is 5.58. The molecule has 1 fully saturated rings. The SMILES string of the molecule is O=C(OCCCOc1ccc2ncnn2n1)N1CCN(C(c2ccccc2)c2ccccc2)CC1. The number of piperazine rings is 1. The Balaban J connectivity index is 1.08. The van der Waals surface area contributed by atoms with Crippen LogP contribution in [0.4, 0.5) is 4.79 Å². The minimum absolute atomic E-state index is 0.165. The van der Waals surface area contributed by atoms with E-state index in [0.717, 1.165) is 13.1 Å². The zero-order valence-corrected chi connectivity index (χ0v) is 19.4. The monoisotopic (exact) mass is 472 g/mol. The summed E-state index contributed by atoms with van der Waals surface area (Å²) in [5.74, 6) is 0.455. The second-order valence-corrected chi connectivity index (χ2v) is 8.34. The molecular weight excluding hydrogens is 444 g/mol. The predicted octanol–water partition coefficient (Wildman–Crippen LogP) is 3.44. The standard InChI is InChI=1S/C26H28N6O3/c33-26(35-19-7-18-34-24-13-12-23-27-20-28-32(23)29-24)31-16-14-30(15-17-31)25(21-8-3-1-4-9-21)22-10-5-2-6-11-22/h1-6,8-13,20,25H,7,14-19H2. The molecule has 1 saturated heterocycles. The Morgan fingerprint density at radius 3 is 2.23 bits per heavy atom. The summed E-state index contributed by atoms with van der Waals surface area (Å²) in [6, 6.07) is 24.7. The molecule has 1 aliphatic heterocycles. The quantitative estimate of drug-likeness (QED) is 0.363. The van der Waals surface area contributed by atoms with Crippen molar-refractivity contribution in [2.24, 2.45) is 0 Å². The van der Waals surface area contributed by atoms with Crippen molar-refractivity contribution >= 4 is 11.7 Å². The van der Waals surface area contributed by atoms with E-state index in [1.54, 1.807) is 17.0 Å². The van der Waals surface area contributed by atoms with Gasteiger partial charge < -0.3 is 14.4 Å². The summed E-state index contributed by atoms with van der Waals surface area (Å²) >= 11 is 0. The zero-order valence-electron chi connectivity index (χ0n) is 19.4. The van der Waals surface area contributed by atoms with Crippen molar-refractivity contribution in [3.8, 4) is 5.88 Å². The highest BCUT2D eigenvalue weighted by Gasteiger charge is 2.28. The van der Waals surface area contributed by atoms with Gasteiger partial charge in [-0.05, 0) is 17.2 Å². The van der Waals surface area contributed by atoms with Gasteiger partial charge >= 0.3 is 6.09 Å². The highest BCUT2D eigenvalue weighted by Crippen LogP contribution is 2.29. The van der Waals surface area contributed by atoms with E-state index in [1.807, 2.05) is 12.1 Å². The highest BCUT2D eigenvalue weighted by atomic mass is 16.6. The molecule has 0 radical (unpaired) electrons. The maximum absolute atomic E-state index is 12.6. The summed E-state index contributed by atoms with van der Waals surface area (Å²) in [7, 11) is 0. The van der Waals surface area contributed by atoms with Gasteiger partial charge in [0.2, 0.25) is 5.88 Å². The first kappa shape index (κ1) is 22.8. The fourth-order valence-electron chi connectivity index (χ4n) is 4.31. The Hall–Kier alpha value is -3.98. The molecule has 180 valence electrons. The molecule has 5 rings (SSSR count). The molecule has 9 heteroatoms. The Labute approximate surface area is 203 Å². The Morgan fingerprint density at radius 2 is 1.54 bits per heavy atom. The van der Waals surface area contributed by atoms with Crippen molar-refractivity contribution < 1.29 is 14.3 Å².